The van der Waals surface area contributed by atoms with Crippen LogP contribution in [0, 0.1) is 0 Å². The lowest BCUT2D eigenvalue weighted by Gasteiger charge is -2.09. The summed E-state index contributed by atoms with van der Waals surface area (Å²) in [7, 11) is 0. The third-order valence-electron chi connectivity index (χ3n) is 3.17. The zero-order valence-electron chi connectivity index (χ0n) is 11.0. The Hall–Kier alpha value is -1.34. The first kappa shape index (κ1) is 13.6. The number of aromatic nitrogens is 3. The van der Waals surface area contributed by atoms with E-state index < -0.39 is 0 Å². The largest absolute Gasteiger partial charge is 0.355 e. The van der Waals surface area contributed by atoms with Gasteiger partial charge in [-0.15, -0.1) is 16.4 Å². The molecular formula is C13H16N4OS2. The van der Waals surface area contributed by atoms with E-state index in [0.29, 0.717) is 5.16 Å². The van der Waals surface area contributed by atoms with Gasteiger partial charge < -0.3 is 5.32 Å². The van der Waals surface area contributed by atoms with Crippen molar-refractivity contribution in [3.8, 4) is 0 Å². The zero-order valence-corrected chi connectivity index (χ0v) is 12.6. The third kappa shape index (κ3) is 3.40. The van der Waals surface area contributed by atoms with Gasteiger partial charge in [-0.05, 0) is 24.3 Å². The highest BCUT2D eigenvalue weighted by molar-refractivity contribution is 8.00. The fourth-order valence-electron chi connectivity index (χ4n) is 2.14. The van der Waals surface area contributed by atoms with Crippen LogP contribution < -0.4 is 5.32 Å². The lowest BCUT2D eigenvalue weighted by atomic mass is 10.2. The van der Waals surface area contributed by atoms with Crippen LogP contribution >= 0.6 is 23.1 Å². The van der Waals surface area contributed by atoms with Crippen LogP contribution in [-0.2, 0) is 11.2 Å². The van der Waals surface area contributed by atoms with Crippen LogP contribution in [-0.4, -0.2) is 32.9 Å². The Kier molecular flexibility index (Phi) is 4.37. The van der Waals surface area contributed by atoms with Crippen LogP contribution in [0.2, 0.25) is 0 Å². The number of nitrogens with zero attached hydrogens (tertiary/aromatic N) is 2. The van der Waals surface area contributed by atoms with Crippen molar-refractivity contribution in [2.75, 3.05) is 6.54 Å². The number of thiophene rings is 1. The molecule has 2 aromatic rings. The first-order valence-electron chi connectivity index (χ1n) is 6.69. The first-order valence-corrected chi connectivity index (χ1v) is 8.45. The van der Waals surface area contributed by atoms with Gasteiger partial charge in [0.2, 0.25) is 11.1 Å². The summed E-state index contributed by atoms with van der Waals surface area (Å²) >= 11 is 3.16. The Balaban J connectivity index is 1.63. The number of rotatable bonds is 4. The monoisotopic (exact) mass is 308 g/mol. The molecule has 1 fully saturated rings. The van der Waals surface area contributed by atoms with E-state index in [4.69, 9.17) is 0 Å². The molecule has 1 aliphatic heterocycles. The van der Waals surface area contributed by atoms with Gasteiger partial charge in [-0.1, -0.05) is 24.2 Å². The van der Waals surface area contributed by atoms with E-state index in [1.54, 1.807) is 11.3 Å². The molecule has 0 radical (unpaired) electrons. The number of aromatic amines is 1. The number of carbonyl (C=O) groups is 1. The number of hydrogen-bond acceptors (Lipinski definition) is 5. The van der Waals surface area contributed by atoms with Crippen molar-refractivity contribution >= 4 is 29.0 Å². The van der Waals surface area contributed by atoms with Gasteiger partial charge in [0.15, 0.2) is 0 Å². The summed E-state index contributed by atoms with van der Waals surface area (Å²) in [5.41, 5.74) is 0. The predicted molar refractivity (Wildman–Crippen MR) is 80.0 cm³/mol. The molecule has 1 atom stereocenters. The predicted octanol–water partition coefficient (Wildman–Crippen LogP) is 2.22. The summed E-state index contributed by atoms with van der Waals surface area (Å²) in [6, 6.07) is 4.11. The van der Waals surface area contributed by atoms with E-state index >= 15 is 0 Å². The molecule has 5 nitrogen and oxygen atoms in total. The number of nitrogens with one attached hydrogen (secondary N) is 2. The molecule has 0 aliphatic carbocycles. The van der Waals surface area contributed by atoms with E-state index in [1.165, 1.54) is 16.6 Å². The quantitative estimate of drug-likeness (QED) is 0.908. The fraction of sp³-hybridized carbons (Fsp3) is 0.462. The average molecular weight is 308 g/mol. The molecule has 0 spiro atoms. The molecular weight excluding hydrogens is 292 g/mol. The van der Waals surface area contributed by atoms with Crippen molar-refractivity contribution in [3.63, 3.8) is 0 Å². The lowest BCUT2D eigenvalue weighted by molar-refractivity contribution is -0.120. The third-order valence-corrected chi connectivity index (χ3v) is 5.17. The Labute approximate surface area is 125 Å². The maximum Gasteiger partial charge on any atom is 0.233 e. The summed E-state index contributed by atoms with van der Waals surface area (Å²) in [4.78, 5) is 17.6. The minimum atomic E-state index is -0.0668. The lowest BCUT2D eigenvalue weighted by Crippen LogP contribution is -2.30. The second-order valence-electron chi connectivity index (χ2n) is 4.71. The molecule has 106 valence electrons. The zero-order chi connectivity index (χ0) is 13.8. The highest BCUT2D eigenvalue weighted by atomic mass is 32.2. The van der Waals surface area contributed by atoms with E-state index in [9.17, 15) is 4.79 Å². The van der Waals surface area contributed by atoms with Crippen LogP contribution in [0.15, 0.2) is 22.7 Å². The van der Waals surface area contributed by atoms with Crippen molar-refractivity contribution in [3.05, 3.63) is 28.2 Å². The van der Waals surface area contributed by atoms with Gasteiger partial charge in [-0.25, -0.2) is 4.98 Å². The fourth-order valence-corrected chi connectivity index (χ4v) is 3.84. The summed E-state index contributed by atoms with van der Waals surface area (Å²) in [5, 5.41) is 12.8. The molecule has 20 heavy (non-hydrogen) atoms. The highest BCUT2D eigenvalue weighted by Crippen LogP contribution is 2.25. The molecule has 0 bridgehead atoms. The summed E-state index contributed by atoms with van der Waals surface area (Å²) in [6.45, 7) is 0.785. The van der Waals surface area contributed by atoms with Crippen molar-refractivity contribution in [2.24, 2.45) is 0 Å². The molecule has 1 aliphatic rings. The van der Waals surface area contributed by atoms with E-state index in [1.807, 2.05) is 6.07 Å². The van der Waals surface area contributed by atoms with Crippen molar-refractivity contribution in [2.45, 2.75) is 36.1 Å². The van der Waals surface area contributed by atoms with Crippen molar-refractivity contribution < 1.29 is 4.79 Å². The van der Waals surface area contributed by atoms with Crippen LogP contribution in [0.1, 0.15) is 30.0 Å². The average Bonchev–Trinajstić information content (AvgIpc) is 3.05. The minimum Gasteiger partial charge on any atom is -0.355 e. The maximum absolute atomic E-state index is 11.9. The van der Waals surface area contributed by atoms with Gasteiger partial charge in [-0.3, -0.25) is 9.89 Å². The number of carbonyl (C=O) groups excluding carboxylic acids is 1. The maximum atomic E-state index is 11.9. The summed E-state index contributed by atoms with van der Waals surface area (Å²) < 4.78 is 0. The second-order valence-corrected chi connectivity index (χ2v) is 6.92. The summed E-state index contributed by atoms with van der Waals surface area (Å²) in [5.74, 6) is 0.959. The van der Waals surface area contributed by atoms with Gasteiger partial charge in [0.1, 0.15) is 5.82 Å². The van der Waals surface area contributed by atoms with Crippen LogP contribution in [0.4, 0.5) is 0 Å². The molecule has 1 saturated heterocycles. The standard InChI is InChI=1S/C13H16N4OS2/c18-12-10(5-1-2-6-14-12)20-13-15-11(16-17-13)8-9-4-3-7-19-9/h3-4,7,10H,1-2,5-6,8H2,(H,14,18)(H,15,16,17)/t10-/m1/s1. The molecule has 2 N–H and O–H groups in total. The molecule has 0 saturated carbocycles. The second kappa shape index (κ2) is 6.41. The number of hydrogen-bond donors (Lipinski definition) is 2. The Morgan fingerprint density at radius 1 is 1.45 bits per heavy atom. The Morgan fingerprint density at radius 2 is 2.40 bits per heavy atom. The first-order chi connectivity index (χ1) is 9.81. The molecule has 2 aromatic heterocycles. The van der Waals surface area contributed by atoms with Crippen molar-refractivity contribution in [1.29, 1.82) is 0 Å². The Morgan fingerprint density at radius 3 is 3.25 bits per heavy atom. The molecule has 0 unspecified atom stereocenters. The molecule has 7 heteroatoms. The van der Waals surface area contributed by atoms with Crippen LogP contribution in [0.25, 0.3) is 0 Å². The van der Waals surface area contributed by atoms with Crippen molar-refractivity contribution in [1.82, 2.24) is 20.5 Å². The van der Waals surface area contributed by atoms with Gasteiger partial charge in [0.25, 0.3) is 0 Å². The highest BCUT2D eigenvalue weighted by Gasteiger charge is 2.23. The van der Waals surface area contributed by atoms with Gasteiger partial charge >= 0.3 is 0 Å². The van der Waals surface area contributed by atoms with Gasteiger partial charge in [-0.2, -0.15) is 0 Å². The van der Waals surface area contributed by atoms with Gasteiger partial charge in [0, 0.05) is 17.8 Å². The smallest absolute Gasteiger partial charge is 0.233 e. The molecule has 3 rings (SSSR count). The number of thioether (sulfide) groups is 1. The van der Waals surface area contributed by atoms with E-state index in [-0.39, 0.29) is 11.2 Å². The van der Waals surface area contributed by atoms with Gasteiger partial charge in [0.05, 0.1) is 5.25 Å². The number of amides is 1. The van der Waals surface area contributed by atoms with Crippen LogP contribution in [0.3, 0.4) is 0 Å². The van der Waals surface area contributed by atoms with E-state index in [0.717, 1.165) is 38.1 Å². The normalized spacial score (nSPS) is 19.6. The van der Waals surface area contributed by atoms with E-state index in [2.05, 4.69) is 31.9 Å². The summed E-state index contributed by atoms with van der Waals surface area (Å²) in [6.07, 6.45) is 3.79. The van der Waals surface area contributed by atoms with Crippen LogP contribution in [0.5, 0.6) is 0 Å². The topological polar surface area (TPSA) is 70.7 Å². The molecule has 3 heterocycles. The molecule has 1 amide bonds. The number of H-pyrrole nitrogens is 1. The molecule has 0 aromatic carbocycles. The SMILES string of the molecule is O=C1NCCCC[C@H]1Sc1n[nH]c(Cc2cccs2)n1. The Bertz CT molecular complexity index is 567. The minimum absolute atomic E-state index is 0.0668.